The standard InChI is InChI=1S/C13H14INO/c1-2-10-7-8-11(16-10)9-15-13-6-4-3-5-12(13)14/h3-8,15H,2,9H2,1H3. The van der Waals surface area contributed by atoms with Crippen LogP contribution in [0, 0.1) is 3.57 Å². The summed E-state index contributed by atoms with van der Waals surface area (Å²) in [6.45, 7) is 2.83. The Kier molecular flexibility index (Phi) is 3.88. The molecule has 1 heterocycles. The third-order valence-corrected chi connectivity index (χ3v) is 3.33. The van der Waals surface area contributed by atoms with Crippen LogP contribution in [-0.4, -0.2) is 0 Å². The largest absolute Gasteiger partial charge is 0.464 e. The Hall–Kier alpha value is -0.970. The molecular weight excluding hydrogens is 313 g/mol. The van der Waals surface area contributed by atoms with Crippen molar-refractivity contribution in [1.82, 2.24) is 0 Å². The summed E-state index contributed by atoms with van der Waals surface area (Å²) in [5.41, 5.74) is 1.15. The molecule has 0 fully saturated rings. The van der Waals surface area contributed by atoms with E-state index in [1.807, 2.05) is 24.3 Å². The number of para-hydroxylation sites is 1. The molecule has 0 saturated carbocycles. The molecule has 0 spiro atoms. The number of benzene rings is 1. The Morgan fingerprint density at radius 2 is 1.88 bits per heavy atom. The van der Waals surface area contributed by atoms with Crippen molar-refractivity contribution in [3.8, 4) is 0 Å². The first-order valence-electron chi connectivity index (χ1n) is 5.35. The lowest BCUT2D eigenvalue weighted by molar-refractivity contribution is 0.476. The lowest BCUT2D eigenvalue weighted by atomic mass is 10.3. The zero-order valence-electron chi connectivity index (χ0n) is 9.16. The average Bonchev–Trinajstić information content (AvgIpc) is 2.76. The van der Waals surface area contributed by atoms with Gasteiger partial charge < -0.3 is 9.73 Å². The zero-order chi connectivity index (χ0) is 11.4. The van der Waals surface area contributed by atoms with Crippen LogP contribution < -0.4 is 5.32 Å². The molecular formula is C13H14INO. The molecule has 16 heavy (non-hydrogen) atoms. The number of anilines is 1. The van der Waals surface area contributed by atoms with Gasteiger partial charge in [0.15, 0.2) is 0 Å². The van der Waals surface area contributed by atoms with E-state index in [9.17, 15) is 0 Å². The normalized spacial score (nSPS) is 10.4. The van der Waals surface area contributed by atoms with Crippen LogP contribution in [0.1, 0.15) is 18.4 Å². The lowest BCUT2D eigenvalue weighted by Crippen LogP contribution is -1.99. The minimum Gasteiger partial charge on any atom is -0.464 e. The quantitative estimate of drug-likeness (QED) is 0.857. The van der Waals surface area contributed by atoms with E-state index in [-0.39, 0.29) is 0 Å². The van der Waals surface area contributed by atoms with Gasteiger partial charge in [0.2, 0.25) is 0 Å². The second-order valence-corrected chi connectivity index (χ2v) is 4.72. The highest BCUT2D eigenvalue weighted by Crippen LogP contribution is 2.18. The van der Waals surface area contributed by atoms with Crippen LogP contribution in [0.5, 0.6) is 0 Å². The molecule has 0 aliphatic rings. The highest BCUT2D eigenvalue weighted by atomic mass is 127. The van der Waals surface area contributed by atoms with Crippen molar-refractivity contribution >= 4 is 28.3 Å². The molecule has 0 amide bonds. The first-order valence-corrected chi connectivity index (χ1v) is 6.43. The number of furan rings is 1. The molecule has 0 aliphatic carbocycles. The maximum absolute atomic E-state index is 5.63. The maximum Gasteiger partial charge on any atom is 0.123 e. The SMILES string of the molecule is CCc1ccc(CNc2ccccc2I)o1. The summed E-state index contributed by atoms with van der Waals surface area (Å²) in [5.74, 6) is 2.02. The Bertz CT molecular complexity index is 464. The average molecular weight is 327 g/mol. The van der Waals surface area contributed by atoms with Gasteiger partial charge >= 0.3 is 0 Å². The van der Waals surface area contributed by atoms with Crippen LogP contribution >= 0.6 is 22.6 Å². The van der Waals surface area contributed by atoms with Gasteiger partial charge in [-0.25, -0.2) is 0 Å². The number of hydrogen-bond donors (Lipinski definition) is 1. The third-order valence-electron chi connectivity index (χ3n) is 2.39. The van der Waals surface area contributed by atoms with Crippen molar-refractivity contribution in [2.75, 3.05) is 5.32 Å². The van der Waals surface area contributed by atoms with E-state index < -0.39 is 0 Å². The Morgan fingerprint density at radius 1 is 1.12 bits per heavy atom. The molecule has 2 nitrogen and oxygen atoms in total. The fourth-order valence-corrected chi connectivity index (χ4v) is 2.07. The second kappa shape index (κ2) is 5.39. The number of hydrogen-bond acceptors (Lipinski definition) is 2. The summed E-state index contributed by atoms with van der Waals surface area (Å²) >= 11 is 2.32. The molecule has 3 heteroatoms. The molecule has 0 atom stereocenters. The van der Waals surface area contributed by atoms with Crippen molar-refractivity contribution in [3.63, 3.8) is 0 Å². The topological polar surface area (TPSA) is 25.2 Å². The smallest absolute Gasteiger partial charge is 0.123 e. The Labute approximate surface area is 109 Å². The van der Waals surface area contributed by atoms with Gasteiger partial charge in [0, 0.05) is 15.7 Å². The van der Waals surface area contributed by atoms with Gasteiger partial charge in [0.05, 0.1) is 6.54 Å². The van der Waals surface area contributed by atoms with Gasteiger partial charge in [-0.05, 0) is 46.9 Å². The van der Waals surface area contributed by atoms with Crippen molar-refractivity contribution in [1.29, 1.82) is 0 Å². The third kappa shape index (κ3) is 2.78. The van der Waals surface area contributed by atoms with Crippen molar-refractivity contribution < 1.29 is 4.42 Å². The number of nitrogens with one attached hydrogen (secondary N) is 1. The fraction of sp³-hybridized carbons (Fsp3) is 0.231. The second-order valence-electron chi connectivity index (χ2n) is 3.55. The van der Waals surface area contributed by atoms with E-state index in [4.69, 9.17) is 4.42 Å². The first kappa shape index (κ1) is 11.5. The molecule has 0 saturated heterocycles. The molecule has 0 bridgehead atoms. The van der Waals surface area contributed by atoms with Crippen LogP contribution in [0.4, 0.5) is 5.69 Å². The molecule has 1 N–H and O–H groups in total. The van der Waals surface area contributed by atoms with Crippen molar-refractivity contribution in [2.45, 2.75) is 19.9 Å². The van der Waals surface area contributed by atoms with Gasteiger partial charge in [-0.15, -0.1) is 0 Å². The van der Waals surface area contributed by atoms with Gasteiger partial charge in [-0.1, -0.05) is 19.1 Å². The van der Waals surface area contributed by atoms with Gasteiger partial charge in [0.25, 0.3) is 0 Å². The van der Waals surface area contributed by atoms with Crippen LogP contribution in [0.3, 0.4) is 0 Å². The van der Waals surface area contributed by atoms with E-state index in [1.54, 1.807) is 0 Å². The van der Waals surface area contributed by atoms with Gasteiger partial charge in [0.1, 0.15) is 11.5 Å². The number of aryl methyl sites for hydroxylation is 1. The summed E-state index contributed by atoms with van der Waals surface area (Å²) in [7, 11) is 0. The van der Waals surface area contributed by atoms with E-state index in [0.717, 1.165) is 30.2 Å². The van der Waals surface area contributed by atoms with Crippen molar-refractivity contribution in [3.05, 3.63) is 51.5 Å². The summed E-state index contributed by atoms with van der Waals surface area (Å²) in [5, 5.41) is 3.37. The molecule has 1 aromatic carbocycles. The van der Waals surface area contributed by atoms with E-state index >= 15 is 0 Å². The zero-order valence-corrected chi connectivity index (χ0v) is 11.3. The summed E-state index contributed by atoms with van der Waals surface area (Å²) < 4.78 is 6.85. The molecule has 84 valence electrons. The summed E-state index contributed by atoms with van der Waals surface area (Å²) in [6.07, 6.45) is 0.947. The monoisotopic (exact) mass is 327 g/mol. The predicted molar refractivity (Wildman–Crippen MR) is 74.6 cm³/mol. The fourth-order valence-electron chi connectivity index (χ4n) is 1.49. The van der Waals surface area contributed by atoms with Crippen LogP contribution in [-0.2, 0) is 13.0 Å². The molecule has 0 radical (unpaired) electrons. The van der Waals surface area contributed by atoms with E-state index in [2.05, 4.69) is 47.0 Å². The summed E-state index contributed by atoms with van der Waals surface area (Å²) in [6, 6.07) is 12.3. The highest BCUT2D eigenvalue weighted by molar-refractivity contribution is 14.1. The first-order chi connectivity index (χ1) is 7.79. The Balaban J connectivity index is 1.99. The van der Waals surface area contributed by atoms with Crippen LogP contribution in [0.25, 0.3) is 0 Å². The van der Waals surface area contributed by atoms with Gasteiger partial charge in [-0.2, -0.15) is 0 Å². The Morgan fingerprint density at radius 3 is 2.56 bits per heavy atom. The molecule has 0 unspecified atom stereocenters. The molecule has 1 aromatic heterocycles. The predicted octanol–water partition coefficient (Wildman–Crippen LogP) is 4.06. The lowest BCUT2D eigenvalue weighted by Gasteiger charge is -2.06. The number of rotatable bonds is 4. The van der Waals surface area contributed by atoms with Gasteiger partial charge in [-0.3, -0.25) is 0 Å². The molecule has 2 aromatic rings. The minimum atomic E-state index is 0.736. The molecule has 0 aliphatic heterocycles. The van der Waals surface area contributed by atoms with E-state index in [0.29, 0.717) is 0 Å². The van der Waals surface area contributed by atoms with Crippen molar-refractivity contribution in [2.24, 2.45) is 0 Å². The van der Waals surface area contributed by atoms with Crippen LogP contribution in [0.15, 0.2) is 40.8 Å². The van der Waals surface area contributed by atoms with Crippen LogP contribution in [0.2, 0.25) is 0 Å². The minimum absolute atomic E-state index is 0.736. The number of halogens is 1. The molecule has 2 rings (SSSR count). The maximum atomic E-state index is 5.63. The van der Waals surface area contributed by atoms with E-state index in [1.165, 1.54) is 3.57 Å². The highest BCUT2D eigenvalue weighted by Gasteiger charge is 2.01. The summed E-state index contributed by atoms with van der Waals surface area (Å²) in [4.78, 5) is 0.